The average molecular weight is 482 g/mol. The van der Waals surface area contributed by atoms with Crippen molar-refractivity contribution in [2.75, 3.05) is 30.9 Å². The Hall–Kier alpha value is -2.66. The number of rotatable bonds is 8. The van der Waals surface area contributed by atoms with Gasteiger partial charge in [0.05, 0.1) is 34.4 Å². The smallest absolute Gasteiger partial charge is 0.259 e. The second-order valence-electron chi connectivity index (χ2n) is 7.18. The third-order valence-electron chi connectivity index (χ3n) is 4.79. The lowest BCUT2D eigenvalue weighted by molar-refractivity contribution is -0.114. The van der Waals surface area contributed by atoms with Crippen molar-refractivity contribution in [3.8, 4) is 5.75 Å². The van der Waals surface area contributed by atoms with Crippen LogP contribution in [-0.4, -0.2) is 46.6 Å². The number of carbonyl (C=O) groups is 2. The zero-order valence-corrected chi connectivity index (χ0v) is 19.2. The third kappa shape index (κ3) is 5.98. The monoisotopic (exact) mass is 481 g/mol. The highest BCUT2D eigenvalue weighted by molar-refractivity contribution is 7.89. The molecule has 2 amide bonds. The summed E-state index contributed by atoms with van der Waals surface area (Å²) in [6.45, 7) is 2.20. The lowest BCUT2D eigenvalue weighted by atomic mass is 10.1. The van der Waals surface area contributed by atoms with E-state index in [1.54, 1.807) is 0 Å². The molecular formula is C21H24ClN3O6S. The first-order valence-electron chi connectivity index (χ1n) is 9.87. The van der Waals surface area contributed by atoms with E-state index < -0.39 is 15.9 Å². The van der Waals surface area contributed by atoms with Crippen molar-refractivity contribution in [1.82, 2.24) is 4.72 Å². The van der Waals surface area contributed by atoms with E-state index in [2.05, 4.69) is 15.4 Å². The Balaban J connectivity index is 1.70. The number of sulfonamides is 1. The highest BCUT2D eigenvalue weighted by Gasteiger charge is 2.21. The van der Waals surface area contributed by atoms with E-state index in [1.807, 2.05) is 0 Å². The molecule has 9 nitrogen and oxygen atoms in total. The summed E-state index contributed by atoms with van der Waals surface area (Å²) in [6, 6.07) is 8.61. The minimum Gasteiger partial charge on any atom is -0.496 e. The van der Waals surface area contributed by atoms with Gasteiger partial charge in [0.1, 0.15) is 5.75 Å². The molecule has 0 bridgehead atoms. The van der Waals surface area contributed by atoms with Crippen molar-refractivity contribution in [3.63, 3.8) is 0 Å². The van der Waals surface area contributed by atoms with Gasteiger partial charge in [-0.05, 0) is 43.2 Å². The predicted molar refractivity (Wildman–Crippen MR) is 121 cm³/mol. The molecule has 2 aromatic rings. The van der Waals surface area contributed by atoms with Crippen molar-refractivity contribution in [1.29, 1.82) is 0 Å². The molecule has 1 atom stereocenters. The third-order valence-corrected chi connectivity index (χ3v) is 6.54. The Labute approximate surface area is 191 Å². The zero-order chi connectivity index (χ0) is 23.3. The van der Waals surface area contributed by atoms with Crippen LogP contribution in [0.5, 0.6) is 5.75 Å². The van der Waals surface area contributed by atoms with Crippen LogP contribution in [0, 0.1) is 0 Å². The van der Waals surface area contributed by atoms with Crippen LogP contribution in [0.15, 0.2) is 41.3 Å². The number of nitrogens with one attached hydrogen (secondary N) is 3. The minimum absolute atomic E-state index is 0.0776. The lowest BCUT2D eigenvalue weighted by Crippen LogP contribution is -2.31. The molecule has 3 N–H and O–H groups in total. The normalized spacial score (nSPS) is 15.9. The summed E-state index contributed by atoms with van der Waals surface area (Å²) >= 11 is 6.16. The van der Waals surface area contributed by atoms with Gasteiger partial charge in [-0.3, -0.25) is 9.59 Å². The second-order valence-corrected chi connectivity index (χ2v) is 9.35. The summed E-state index contributed by atoms with van der Waals surface area (Å²) in [5.41, 5.74) is 0.858. The summed E-state index contributed by atoms with van der Waals surface area (Å²) in [5, 5.41) is 5.41. The molecule has 0 radical (unpaired) electrons. The number of benzene rings is 2. The van der Waals surface area contributed by atoms with Crippen molar-refractivity contribution < 1.29 is 27.5 Å². The molecule has 0 saturated carbocycles. The number of carbonyl (C=O) groups excluding carboxylic acids is 2. The van der Waals surface area contributed by atoms with Crippen LogP contribution < -0.4 is 20.1 Å². The molecular weight excluding hydrogens is 458 g/mol. The molecule has 11 heteroatoms. The maximum Gasteiger partial charge on any atom is 0.259 e. The molecule has 1 aliphatic rings. The molecule has 172 valence electrons. The first-order chi connectivity index (χ1) is 15.2. The van der Waals surface area contributed by atoms with Gasteiger partial charge in [0.15, 0.2) is 0 Å². The summed E-state index contributed by atoms with van der Waals surface area (Å²) in [6.07, 6.45) is 1.64. The minimum atomic E-state index is -3.69. The predicted octanol–water partition coefficient (Wildman–Crippen LogP) is 3.02. The van der Waals surface area contributed by atoms with Gasteiger partial charge in [0, 0.05) is 31.8 Å². The largest absolute Gasteiger partial charge is 0.496 e. The summed E-state index contributed by atoms with van der Waals surface area (Å²) in [7, 11) is -2.30. The van der Waals surface area contributed by atoms with Crippen LogP contribution in [0.3, 0.4) is 0 Å². The number of methoxy groups -OCH3 is 1. The van der Waals surface area contributed by atoms with Crippen LogP contribution in [0.4, 0.5) is 11.4 Å². The van der Waals surface area contributed by atoms with Gasteiger partial charge in [-0.25, -0.2) is 13.1 Å². The fraction of sp³-hybridized carbons (Fsp3) is 0.333. The maximum absolute atomic E-state index is 12.7. The van der Waals surface area contributed by atoms with E-state index in [0.717, 1.165) is 12.8 Å². The molecule has 1 saturated heterocycles. The van der Waals surface area contributed by atoms with Gasteiger partial charge in [-0.1, -0.05) is 11.6 Å². The molecule has 0 unspecified atom stereocenters. The van der Waals surface area contributed by atoms with Gasteiger partial charge in [0.2, 0.25) is 15.9 Å². The Morgan fingerprint density at radius 2 is 1.91 bits per heavy atom. The lowest BCUT2D eigenvalue weighted by Gasteiger charge is -2.14. The zero-order valence-electron chi connectivity index (χ0n) is 17.6. The van der Waals surface area contributed by atoms with Crippen molar-refractivity contribution >= 4 is 44.8 Å². The van der Waals surface area contributed by atoms with E-state index in [1.165, 1.54) is 50.4 Å². The topological polar surface area (TPSA) is 123 Å². The molecule has 32 heavy (non-hydrogen) atoms. The maximum atomic E-state index is 12.7. The van der Waals surface area contributed by atoms with Crippen LogP contribution in [0.1, 0.15) is 30.1 Å². The second kappa shape index (κ2) is 10.3. The van der Waals surface area contributed by atoms with Crippen LogP contribution in [0.25, 0.3) is 0 Å². The number of hydrogen-bond donors (Lipinski definition) is 3. The standard InChI is InChI=1S/C21H24ClN3O6S/c1-13(26)24-19-11-20(30-2)17(10-18(19)22)21(27)25-14-5-7-16(8-6-14)32(28,29)23-12-15-4-3-9-31-15/h5-8,10-11,15,23H,3-4,9,12H2,1-2H3,(H,24,26)(H,25,27)/t15-/m0/s1. The Morgan fingerprint density at radius 3 is 2.50 bits per heavy atom. The highest BCUT2D eigenvalue weighted by atomic mass is 35.5. The van der Waals surface area contributed by atoms with E-state index in [4.69, 9.17) is 21.1 Å². The molecule has 1 aliphatic heterocycles. The number of halogens is 1. The molecule has 0 aliphatic carbocycles. The Bertz CT molecular complexity index is 1100. The van der Waals surface area contributed by atoms with Crippen molar-refractivity contribution in [2.24, 2.45) is 0 Å². The molecule has 3 rings (SSSR count). The Kier molecular flexibility index (Phi) is 7.73. The van der Waals surface area contributed by atoms with Gasteiger partial charge in [-0.15, -0.1) is 0 Å². The first kappa shape index (κ1) is 24.0. The van der Waals surface area contributed by atoms with Crippen LogP contribution >= 0.6 is 11.6 Å². The van der Waals surface area contributed by atoms with Gasteiger partial charge >= 0.3 is 0 Å². The molecule has 1 heterocycles. The van der Waals surface area contributed by atoms with E-state index in [9.17, 15) is 18.0 Å². The van der Waals surface area contributed by atoms with E-state index in [0.29, 0.717) is 18.0 Å². The SMILES string of the molecule is COc1cc(NC(C)=O)c(Cl)cc1C(=O)Nc1ccc(S(=O)(=O)NC[C@@H]2CCCO2)cc1. The van der Waals surface area contributed by atoms with E-state index >= 15 is 0 Å². The van der Waals surface area contributed by atoms with Crippen molar-refractivity contribution in [3.05, 3.63) is 47.0 Å². The molecule has 2 aromatic carbocycles. The quantitative estimate of drug-likeness (QED) is 0.532. The van der Waals surface area contributed by atoms with E-state index in [-0.39, 0.29) is 39.8 Å². The number of amides is 2. The average Bonchev–Trinajstić information content (AvgIpc) is 3.27. The molecule has 1 fully saturated rings. The molecule has 0 aromatic heterocycles. The van der Waals surface area contributed by atoms with Crippen LogP contribution in [0.2, 0.25) is 5.02 Å². The highest BCUT2D eigenvalue weighted by Crippen LogP contribution is 2.31. The summed E-state index contributed by atoms with van der Waals surface area (Å²) < 4.78 is 38.1. The van der Waals surface area contributed by atoms with Crippen molar-refractivity contribution in [2.45, 2.75) is 30.8 Å². The Morgan fingerprint density at radius 1 is 1.19 bits per heavy atom. The number of ether oxygens (including phenoxy) is 2. The number of hydrogen-bond acceptors (Lipinski definition) is 6. The molecule has 0 spiro atoms. The van der Waals surface area contributed by atoms with Gasteiger partial charge < -0.3 is 20.1 Å². The fourth-order valence-electron chi connectivity index (χ4n) is 3.19. The van der Waals surface area contributed by atoms with Gasteiger partial charge in [-0.2, -0.15) is 0 Å². The summed E-state index contributed by atoms with van der Waals surface area (Å²) in [5.74, 6) is -0.607. The summed E-state index contributed by atoms with van der Waals surface area (Å²) in [4.78, 5) is 24.1. The van der Waals surface area contributed by atoms with Crippen LogP contribution in [-0.2, 0) is 19.6 Å². The number of anilines is 2. The van der Waals surface area contributed by atoms with Gasteiger partial charge in [0.25, 0.3) is 5.91 Å². The fourth-order valence-corrected chi connectivity index (χ4v) is 4.47. The first-order valence-corrected chi connectivity index (χ1v) is 11.7.